The standard InChI is InChI=1S/C12H16O2/c1-5-6-10-9(4)11(13)7(2)8(3)12(10)14/h5,13-14H,1,6H2,2-4H3. The van der Waals surface area contributed by atoms with Gasteiger partial charge in [-0.25, -0.2) is 0 Å². The predicted octanol–water partition coefficient (Wildman–Crippen LogP) is 2.75. The Balaban J connectivity index is 3.50. The van der Waals surface area contributed by atoms with Gasteiger partial charge < -0.3 is 10.2 Å². The predicted molar refractivity (Wildman–Crippen MR) is 57.9 cm³/mol. The fourth-order valence-corrected chi connectivity index (χ4v) is 1.58. The lowest BCUT2D eigenvalue weighted by Crippen LogP contribution is -1.95. The molecule has 0 atom stereocenters. The Bertz CT molecular complexity index is 349. The molecule has 0 fully saturated rings. The Kier molecular flexibility index (Phi) is 2.84. The van der Waals surface area contributed by atoms with Crippen molar-refractivity contribution in [2.75, 3.05) is 0 Å². The number of phenols is 2. The van der Waals surface area contributed by atoms with Crippen molar-refractivity contribution in [3.63, 3.8) is 0 Å². The molecule has 1 aromatic rings. The first-order chi connectivity index (χ1) is 6.50. The fraction of sp³-hybridized carbons (Fsp3) is 0.333. The molecule has 76 valence electrons. The maximum atomic E-state index is 9.86. The zero-order valence-electron chi connectivity index (χ0n) is 8.89. The summed E-state index contributed by atoms with van der Waals surface area (Å²) in [4.78, 5) is 0. The molecule has 0 radical (unpaired) electrons. The van der Waals surface area contributed by atoms with Gasteiger partial charge in [0.1, 0.15) is 11.5 Å². The van der Waals surface area contributed by atoms with Crippen LogP contribution in [0, 0.1) is 20.8 Å². The summed E-state index contributed by atoms with van der Waals surface area (Å²) >= 11 is 0. The van der Waals surface area contributed by atoms with Gasteiger partial charge in [-0.2, -0.15) is 0 Å². The summed E-state index contributed by atoms with van der Waals surface area (Å²) in [6, 6.07) is 0. The lowest BCUT2D eigenvalue weighted by molar-refractivity contribution is 0.445. The second kappa shape index (κ2) is 3.74. The van der Waals surface area contributed by atoms with Gasteiger partial charge in [-0.1, -0.05) is 6.08 Å². The molecule has 0 aliphatic carbocycles. The molecule has 2 N–H and O–H groups in total. The highest BCUT2D eigenvalue weighted by molar-refractivity contribution is 5.57. The van der Waals surface area contributed by atoms with Gasteiger partial charge in [0.25, 0.3) is 0 Å². The highest BCUT2D eigenvalue weighted by atomic mass is 16.3. The van der Waals surface area contributed by atoms with Crippen molar-refractivity contribution in [1.82, 2.24) is 0 Å². The fourth-order valence-electron chi connectivity index (χ4n) is 1.58. The van der Waals surface area contributed by atoms with Crippen molar-refractivity contribution in [3.8, 4) is 11.5 Å². The molecule has 0 aliphatic rings. The van der Waals surface area contributed by atoms with Crippen LogP contribution < -0.4 is 0 Å². The third-order valence-corrected chi connectivity index (χ3v) is 2.72. The smallest absolute Gasteiger partial charge is 0.122 e. The number of allylic oxidation sites excluding steroid dienone is 1. The van der Waals surface area contributed by atoms with Crippen molar-refractivity contribution in [2.45, 2.75) is 27.2 Å². The van der Waals surface area contributed by atoms with E-state index in [1.54, 1.807) is 26.8 Å². The molecule has 2 heteroatoms. The molecule has 2 nitrogen and oxygen atoms in total. The zero-order chi connectivity index (χ0) is 10.9. The van der Waals surface area contributed by atoms with Crippen LogP contribution in [0.3, 0.4) is 0 Å². The normalized spacial score (nSPS) is 10.2. The maximum absolute atomic E-state index is 9.86. The van der Waals surface area contributed by atoms with E-state index in [1.165, 1.54) is 0 Å². The third-order valence-electron chi connectivity index (χ3n) is 2.72. The van der Waals surface area contributed by atoms with Gasteiger partial charge in [0.05, 0.1) is 0 Å². The lowest BCUT2D eigenvalue weighted by Gasteiger charge is -2.14. The van der Waals surface area contributed by atoms with Crippen molar-refractivity contribution < 1.29 is 10.2 Å². The first-order valence-electron chi connectivity index (χ1n) is 4.62. The summed E-state index contributed by atoms with van der Waals surface area (Å²) in [6.07, 6.45) is 2.29. The van der Waals surface area contributed by atoms with Crippen LogP contribution in [-0.2, 0) is 6.42 Å². The molecule has 0 spiro atoms. The molecule has 1 aromatic carbocycles. The number of phenolic OH excluding ortho intramolecular Hbond substituents is 2. The Hall–Kier alpha value is -1.44. The molecule has 0 saturated carbocycles. The van der Waals surface area contributed by atoms with Crippen LogP contribution in [0.1, 0.15) is 22.3 Å². The molecule has 0 bridgehead atoms. The van der Waals surface area contributed by atoms with Gasteiger partial charge >= 0.3 is 0 Å². The number of benzene rings is 1. The number of rotatable bonds is 2. The van der Waals surface area contributed by atoms with E-state index in [0.717, 1.165) is 22.3 Å². The number of hydrogen-bond donors (Lipinski definition) is 2. The molecule has 1 rings (SSSR count). The molecule has 0 unspecified atom stereocenters. The highest BCUT2D eigenvalue weighted by Gasteiger charge is 2.14. The summed E-state index contributed by atoms with van der Waals surface area (Å²) in [5, 5.41) is 19.6. The minimum atomic E-state index is 0.275. The minimum Gasteiger partial charge on any atom is -0.507 e. The van der Waals surface area contributed by atoms with E-state index in [4.69, 9.17) is 0 Å². The van der Waals surface area contributed by atoms with Crippen LogP contribution in [0.2, 0.25) is 0 Å². The largest absolute Gasteiger partial charge is 0.507 e. The summed E-state index contributed by atoms with van der Waals surface area (Å²) < 4.78 is 0. The lowest BCUT2D eigenvalue weighted by atomic mass is 9.96. The van der Waals surface area contributed by atoms with Crippen LogP contribution in [0.4, 0.5) is 0 Å². The van der Waals surface area contributed by atoms with Crippen LogP contribution in [0.15, 0.2) is 12.7 Å². The van der Waals surface area contributed by atoms with E-state index < -0.39 is 0 Å². The molecule has 0 aromatic heterocycles. The van der Waals surface area contributed by atoms with Crippen LogP contribution in [0.5, 0.6) is 11.5 Å². The second-order valence-electron chi connectivity index (χ2n) is 3.54. The van der Waals surface area contributed by atoms with Gasteiger partial charge in [0.15, 0.2) is 0 Å². The average molecular weight is 192 g/mol. The molecule has 14 heavy (non-hydrogen) atoms. The van der Waals surface area contributed by atoms with Crippen molar-refractivity contribution in [3.05, 3.63) is 34.9 Å². The Morgan fingerprint density at radius 3 is 2.00 bits per heavy atom. The topological polar surface area (TPSA) is 40.5 Å². The summed E-state index contributed by atoms with van der Waals surface area (Å²) in [6.45, 7) is 9.04. The maximum Gasteiger partial charge on any atom is 0.122 e. The minimum absolute atomic E-state index is 0.275. The van der Waals surface area contributed by atoms with Crippen molar-refractivity contribution in [1.29, 1.82) is 0 Å². The van der Waals surface area contributed by atoms with E-state index >= 15 is 0 Å². The summed E-state index contributed by atoms with van der Waals surface area (Å²) in [7, 11) is 0. The van der Waals surface area contributed by atoms with Crippen LogP contribution >= 0.6 is 0 Å². The Labute approximate surface area is 84.5 Å². The average Bonchev–Trinajstić information content (AvgIpc) is 2.19. The van der Waals surface area contributed by atoms with Gasteiger partial charge in [0.2, 0.25) is 0 Å². The summed E-state index contributed by atoms with van der Waals surface area (Å²) in [5.74, 6) is 0.551. The monoisotopic (exact) mass is 192 g/mol. The zero-order valence-corrected chi connectivity index (χ0v) is 8.89. The SMILES string of the molecule is C=CCc1c(C)c(O)c(C)c(C)c1O. The molecule has 0 saturated heterocycles. The quantitative estimate of drug-likeness (QED) is 0.558. The van der Waals surface area contributed by atoms with Crippen LogP contribution in [0.25, 0.3) is 0 Å². The van der Waals surface area contributed by atoms with Gasteiger partial charge in [-0.3, -0.25) is 0 Å². The number of hydrogen-bond acceptors (Lipinski definition) is 2. The van der Waals surface area contributed by atoms with E-state index in [2.05, 4.69) is 6.58 Å². The van der Waals surface area contributed by atoms with E-state index in [0.29, 0.717) is 6.42 Å². The van der Waals surface area contributed by atoms with Gasteiger partial charge in [-0.05, 0) is 43.9 Å². The van der Waals surface area contributed by atoms with Gasteiger partial charge in [-0.15, -0.1) is 6.58 Å². The van der Waals surface area contributed by atoms with E-state index in [9.17, 15) is 10.2 Å². The van der Waals surface area contributed by atoms with Crippen molar-refractivity contribution in [2.24, 2.45) is 0 Å². The highest BCUT2D eigenvalue weighted by Crippen LogP contribution is 2.36. The molecule has 0 amide bonds. The van der Waals surface area contributed by atoms with E-state index in [1.807, 2.05) is 0 Å². The molecule has 0 heterocycles. The molecule has 0 aliphatic heterocycles. The summed E-state index contributed by atoms with van der Waals surface area (Å²) in [5.41, 5.74) is 2.99. The Morgan fingerprint density at radius 2 is 1.50 bits per heavy atom. The third kappa shape index (κ3) is 1.48. The van der Waals surface area contributed by atoms with Crippen molar-refractivity contribution >= 4 is 0 Å². The number of aromatic hydroxyl groups is 2. The molecular formula is C12H16O2. The first-order valence-corrected chi connectivity index (χ1v) is 4.62. The second-order valence-corrected chi connectivity index (χ2v) is 3.54. The Morgan fingerprint density at radius 1 is 1.00 bits per heavy atom. The first kappa shape index (κ1) is 10.6. The van der Waals surface area contributed by atoms with E-state index in [-0.39, 0.29) is 11.5 Å². The van der Waals surface area contributed by atoms with Gasteiger partial charge in [0, 0.05) is 5.56 Å². The van der Waals surface area contributed by atoms with Crippen LogP contribution in [-0.4, -0.2) is 10.2 Å². The molecular weight excluding hydrogens is 176 g/mol.